The van der Waals surface area contributed by atoms with Crippen molar-refractivity contribution in [3.05, 3.63) is 35.9 Å². The molecular weight excluding hydrogens is 415 g/mol. The Bertz CT molecular complexity index is 475. The van der Waals surface area contributed by atoms with E-state index in [-0.39, 0.29) is 36.4 Å². The number of hydrogen-bond acceptors (Lipinski definition) is 2. The van der Waals surface area contributed by atoms with Crippen LogP contribution in [0.25, 0.3) is 0 Å². The normalized spacial score (nSPS) is 10.9. The molecular formula is C18H31IN4O. The SMILES string of the molecule is CCC(CC)CNC(=NC)NCC(=O)NCCc1ccccc1.I. The predicted octanol–water partition coefficient (Wildman–Crippen LogP) is 2.56. The molecule has 0 atom stereocenters. The molecule has 0 aliphatic heterocycles. The summed E-state index contributed by atoms with van der Waals surface area (Å²) in [5.74, 6) is 1.29. The number of nitrogens with one attached hydrogen (secondary N) is 3. The van der Waals surface area contributed by atoms with Gasteiger partial charge in [-0.2, -0.15) is 0 Å². The zero-order chi connectivity index (χ0) is 16.9. The molecule has 1 aromatic rings. The van der Waals surface area contributed by atoms with Gasteiger partial charge in [0.25, 0.3) is 0 Å². The van der Waals surface area contributed by atoms with Crippen LogP contribution in [0.3, 0.4) is 0 Å². The highest BCUT2D eigenvalue weighted by atomic mass is 127. The van der Waals surface area contributed by atoms with E-state index < -0.39 is 0 Å². The van der Waals surface area contributed by atoms with Gasteiger partial charge in [0, 0.05) is 20.1 Å². The molecule has 0 spiro atoms. The van der Waals surface area contributed by atoms with Gasteiger partial charge in [0.05, 0.1) is 6.54 Å². The number of halogens is 1. The molecule has 5 nitrogen and oxygen atoms in total. The Hall–Kier alpha value is -1.31. The van der Waals surface area contributed by atoms with Gasteiger partial charge in [-0.05, 0) is 17.9 Å². The number of carbonyl (C=O) groups is 1. The van der Waals surface area contributed by atoms with Gasteiger partial charge in [0.2, 0.25) is 5.91 Å². The molecule has 24 heavy (non-hydrogen) atoms. The van der Waals surface area contributed by atoms with Gasteiger partial charge in [0.1, 0.15) is 0 Å². The molecule has 6 heteroatoms. The van der Waals surface area contributed by atoms with Crippen molar-refractivity contribution >= 4 is 35.8 Å². The number of rotatable bonds is 9. The maximum absolute atomic E-state index is 11.8. The quantitative estimate of drug-likeness (QED) is 0.311. The largest absolute Gasteiger partial charge is 0.356 e. The maximum atomic E-state index is 11.8. The van der Waals surface area contributed by atoms with E-state index in [4.69, 9.17) is 0 Å². The van der Waals surface area contributed by atoms with Crippen LogP contribution in [0.15, 0.2) is 35.3 Å². The Labute approximate surface area is 163 Å². The highest BCUT2D eigenvalue weighted by Crippen LogP contribution is 2.04. The van der Waals surface area contributed by atoms with Crippen molar-refractivity contribution in [1.29, 1.82) is 0 Å². The number of hydrogen-bond donors (Lipinski definition) is 3. The number of carbonyl (C=O) groups excluding carboxylic acids is 1. The molecule has 0 heterocycles. The van der Waals surface area contributed by atoms with Crippen LogP contribution in [0, 0.1) is 5.92 Å². The minimum absolute atomic E-state index is 0. The van der Waals surface area contributed by atoms with E-state index in [2.05, 4.69) is 46.9 Å². The van der Waals surface area contributed by atoms with Crippen molar-refractivity contribution in [2.75, 3.05) is 26.7 Å². The summed E-state index contributed by atoms with van der Waals surface area (Å²) in [4.78, 5) is 16.0. The molecule has 0 bridgehead atoms. The zero-order valence-electron chi connectivity index (χ0n) is 15.0. The van der Waals surface area contributed by atoms with Gasteiger partial charge in [-0.15, -0.1) is 24.0 Å². The molecule has 0 aromatic heterocycles. The van der Waals surface area contributed by atoms with Gasteiger partial charge in [-0.1, -0.05) is 57.0 Å². The third-order valence-corrected chi connectivity index (χ3v) is 3.93. The minimum Gasteiger partial charge on any atom is -0.356 e. The number of guanidine groups is 1. The third kappa shape index (κ3) is 9.75. The Kier molecular flexibility index (Phi) is 13.3. The molecule has 1 rings (SSSR count). The molecule has 0 aliphatic rings. The van der Waals surface area contributed by atoms with E-state index in [1.165, 1.54) is 5.56 Å². The summed E-state index contributed by atoms with van der Waals surface area (Å²) in [6.07, 6.45) is 3.12. The molecule has 1 amide bonds. The van der Waals surface area contributed by atoms with E-state index in [0.717, 1.165) is 25.8 Å². The maximum Gasteiger partial charge on any atom is 0.239 e. The van der Waals surface area contributed by atoms with E-state index in [9.17, 15) is 4.79 Å². The van der Waals surface area contributed by atoms with E-state index in [0.29, 0.717) is 18.4 Å². The molecule has 136 valence electrons. The smallest absolute Gasteiger partial charge is 0.239 e. The Morgan fingerprint density at radius 3 is 2.33 bits per heavy atom. The fourth-order valence-electron chi connectivity index (χ4n) is 2.26. The second kappa shape index (κ2) is 14.1. The first-order valence-corrected chi connectivity index (χ1v) is 8.44. The molecule has 0 radical (unpaired) electrons. The summed E-state index contributed by atoms with van der Waals surface area (Å²) in [7, 11) is 1.72. The Morgan fingerprint density at radius 1 is 1.08 bits per heavy atom. The van der Waals surface area contributed by atoms with Crippen LogP contribution >= 0.6 is 24.0 Å². The average Bonchev–Trinajstić information content (AvgIpc) is 2.59. The standard InChI is InChI=1S/C18H30N4O.HI/c1-4-15(5-2)13-21-18(19-3)22-14-17(23)20-12-11-16-9-7-6-8-10-16;/h6-10,15H,4-5,11-14H2,1-3H3,(H,20,23)(H2,19,21,22);1H. The molecule has 1 aromatic carbocycles. The molecule has 0 fully saturated rings. The second-order valence-corrected chi connectivity index (χ2v) is 5.57. The highest BCUT2D eigenvalue weighted by molar-refractivity contribution is 14.0. The van der Waals surface area contributed by atoms with Crippen LogP contribution in [0.1, 0.15) is 32.3 Å². The molecule has 0 unspecified atom stereocenters. The monoisotopic (exact) mass is 446 g/mol. The van der Waals surface area contributed by atoms with Crippen molar-refractivity contribution in [3.8, 4) is 0 Å². The number of aliphatic imine (C=N–C) groups is 1. The number of benzene rings is 1. The van der Waals surface area contributed by atoms with Gasteiger partial charge in [0.15, 0.2) is 5.96 Å². The molecule has 0 saturated carbocycles. The van der Waals surface area contributed by atoms with Crippen LogP contribution in [0.5, 0.6) is 0 Å². The zero-order valence-corrected chi connectivity index (χ0v) is 17.3. The Morgan fingerprint density at radius 2 is 1.75 bits per heavy atom. The van der Waals surface area contributed by atoms with Crippen LogP contribution in [-0.2, 0) is 11.2 Å². The lowest BCUT2D eigenvalue weighted by Crippen LogP contribution is -2.44. The fraction of sp³-hybridized carbons (Fsp3) is 0.556. The van der Waals surface area contributed by atoms with E-state index in [1.807, 2.05) is 18.2 Å². The third-order valence-electron chi connectivity index (χ3n) is 3.93. The molecule has 0 aliphatic carbocycles. The lowest BCUT2D eigenvalue weighted by Gasteiger charge is -2.16. The van der Waals surface area contributed by atoms with Crippen molar-refractivity contribution in [2.45, 2.75) is 33.1 Å². The van der Waals surface area contributed by atoms with Crippen LogP contribution in [-0.4, -0.2) is 38.5 Å². The molecule has 0 saturated heterocycles. The van der Waals surface area contributed by atoms with Crippen LogP contribution < -0.4 is 16.0 Å². The van der Waals surface area contributed by atoms with Gasteiger partial charge >= 0.3 is 0 Å². The van der Waals surface area contributed by atoms with Crippen molar-refractivity contribution < 1.29 is 4.79 Å². The fourth-order valence-corrected chi connectivity index (χ4v) is 2.26. The summed E-state index contributed by atoms with van der Waals surface area (Å²) < 4.78 is 0. The predicted molar refractivity (Wildman–Crippen MR) is 112 cm³/mol. The first-order valence-electron chi connectivity index (χ1n) is 8.44. The van der Waals surface area contributed by atoms with E-state index in [1.54, 1.807) is 7.05 Å². The summed E-state index contributed by atoms with van der Waals surface area (Å²) in [6.45, 7) is 6.13. The highest BCUT2D eigenvalue weighted by Gasteiger charge is 2.06. The first kappa shape index (κ1) is 22.7. The summed E-state index contributed by atoms with van der Waals surface area (Å²) >= 11 is 0. The minimum atomic E-state index is -0.0218. The lowest BCUT2D eigenvalue weighted by molar-refractivity contribution is -0.119. The summed E-state index contributed by atoms with van der Waals surface area (Å²) in [5, 5.41) is 9.23. The van der Waals surface area contributed by atoms with Crippen molar-refractivity contribution in [3.63, 3.8) is 0 Å². The average molecular weight is 446 g/mol. The van der Waals surface area contributed by atoms with Gasteiger partial charge in [-0.3, -0.25) is 9.79 Å². The number of nitrogens with zero attached hydrogens (tertiary/aromatic N) is 1. The summed E-state index contributed by atoms with van der Waals surface area (Å²) in [6, 6.07) is 10.1. The van der Waals surface area contributed by atoms with Crippen LogP contribution in [0.4, 0.5) is 0 Å². The molecule has 3 N–H and O–H groups in total. The van der Waals surface area contributed by atoms with Gasteiger partial charge < -0.3 is 16.0 Å². The van der Waals surface area contributed by atoms with Crippen molar-refractivity contribution in [2.24, 2.45) is 10.9 Å². The van der Waals surface area contributed by atoms with Crippen LogP contribution in [0.2, 0.25) is 0 Å². The number of amides is 1. The van der Waals surface area contributed by atoms with Crippen molar-refractivity contribution in [1.82, 2.24) is 16.0 Å². The topological polar surface area (TPSA) is 65.5 Å². The Balaban J connectivity index is 0.00000529. The van der Waals surface area contributed by atoms with Gasteiger partial charge in [-0.25, -0.2) is 0 Å². The summed E-state index contributed by atoms with van der Waals surface area (Å²) in [5.41, 5.74) is 1.23. The first-order chi connectivity index (χ1) is 11.2. The van der Waals surface area contributed by atoms with E-state index >= 15 is 0 Å². The lowest BCUT2D eigenvalue weighted by atomic mass is 10.0. The second-order valence-electron chi connectivity index (χ2n) is 5.57.